The van der Waals surface area contributed by atoms with Crippen LogP contribution >= 0.6 is 11.6 Å². The van der Waals surface area contributed by atoms with Gasteiger partial charge in [-0.15, -0.1) is 0 Å². The number of rotatable bonds is 3. The van der Waals surface area contributed by atoms with Crippen LogP contribution in [0.2, 0.25) is 5.02 Å². The van der Waals surface area contributed by atoms with Crippen molar-refractivity contribution in [3.63, 3.8) is 0 Å². The number of anilines is 1. The number of ether oxygens (including phenoxy) is 1. The van der Waals surface area contributed by atoms with E-state index in [0.717, 1.165) is 31.3 Å². The molecule has 1 aliphatic rings. The highest BCUT2D eigenvalue weighted by molar-refractivity contribution is 6.30. The van der Waals surface area contributed by atoms with Gasteiger partial charge in [-0.1, -0.05) is 11.6 Å². The van der Waals surface area contributed by atoms with Gasteiger partial charge in [-0.25, -0.2) is 0 Å². The molecule has 3 nitrogen and oxygen atoms in total. The van der Waals surface area contributed by atoms with Crippen LogP contribution in [0, 0.1) is 0 Å². The summed E-state index contributed by atoms with van der Waals surface area (Å²) in [5.41, 5.74) is 1.22. The normalized spacial score (nSPS) is 21.1. The van der Waals surface area contributed by atoms with E-state index in [4.69, 9.17) is 16.3 Å². The zero-order valence-corrected chi connectivity index (χ0v) is 10.2. The lowest BCUT2D eigenvalue weighted by atomic mass is 10.1. The van der Waals surface area contributed by atoms with Gasteiger partial charge < -0.3 is 15.0 Å². The van der Waals surface area contributed by atoms with Gasteiger partial charge in [0.2, 0.25) is 0 Å². The second-order valence-corrected chi connectivity index (χ2v) is 4.42. The second kappa shape index (κ2) is 5.53. The molecule has 4 heteroatoms. The van der Waals surface area contributed by atoms with Crippen molar-refractivity contribution in [1.82, 2.24) is 5.32 Å². The van der Waals surface area contributed by atoms with E-state index in [1.54, 1.807) is 7.11 Å². The minimum absolute atomic E-state index is 0.403. The highest BCUT2D eigenvalue weighted by atomic mass is 35.5. The van der Waals surface area contributed by atoms with E-state index in [1.165, 1.54) is 5.69 Å². The van der Waals surface area contributed by atoms with Crippen molar-refractivity contribution in [1.29, 1.82) is 0 Å². The molecule has 0 radical (unpaired) electrons. The van der Waals surface area contributed by atoms with Gasteiger partial charge in [0.1, 0.15) is 0 Å². The minimum Gasteiger partial charge on any atom is -0.383 e. The lowest BCUT2D eigenvalue weighted by molar-refractivity contribution is 0.170. The molecular formula is C12H17ClN2O. The molecule has 0 amide bonds. The third-order valence-corrected chi connectivity index (χ3v) is 3.12. The molecule has 2 rings (SSSR count). The molecule has 1 unspecified atom stereocenters. The van der Waals surface area contributed by atoms with Crippen LogP contribution in [0.25, 0.3) is 0 Å². The molecule has 1 N–H and O–H groups in total. The highest BCUT2D eigenvalue weighted by Crippen LogP contribution is 2.21. The number of hydrogen-bond acceptors (Lipinski definition) is 3. The first-order valence-electron chi connectivity index (χ1n) is 5.53. The topological polar surface area (TPSA) is 24.5 Å². The van der Waals surface area contributed by atoms with E-state index < -0.39 is 0 Å². The molecule has 88 valence electrons. The number of hydrogen-bond donors (Lipinski definition) is 1. The zero-order valence-electron chi connectivity index (χ0n) is 9.45. The van der Waals surface area contributed by atoms with Crippen molar-refractivity contribution in [3.8, 4) is 0 Å². The second-order valence-electron chi connectivity index (χ2n) is 3.98. The minimum atomic E-state index is 0.403. The quantitative estimate of drug-likeness (QED) is 0.872. The summed E-state index contributed by atoms with van der Waals surface area (Å²) < 4.78 is 5.25. The summed E-state index contributed by atoms with van der Waals surface area (Å²) in [7, 11) is 1.74. The number of nitrogens with zero attached hydrogens (tertiary/aromatic N) is 1. The Balaban J connectivity index is 2.13. The maximum Gasteiger partial charge on any atom is 0.0678 e. The van der Waals surface area contributed by atoms with Crippen LogP contribution in [0.15, 0.2) is 24.3 Å². The van der Waals surface area contributed by atoms with Gasteiger partial charge in [0.15, 0.2) is 0 Å². The fraction of sp³-hybridized carbons (Fsp3) is 0.500. The van der Waals surface area contributed by atoms with Gasteiger partial charge in [-0.05, 0) is 24.3 Å². The Morgan fingerprint density at radius 3 is 2.88 bits per heavy atom. The first kappa shape index (κ1) is 11.7. The van der Waals surface area contributed by atoms with E-state index >= 15 is 0 Å². The lowest BCUT2D eigenvalue weighted by Gasteiger charge is -2.37. The number of benzene rings is 1. The molecular weight excluding hydrogens is 224 g/mol. The van der Waals surface area contributed by atoms with Crippen molar-refractivity contribution >= 4 is 17.3 Å². The summed E-state index contributed by atoms with van der Waals surface area (Å²) in [4.78, 5) is 2.37. The van der Waals surface area contributed by atoms with Crippen molar-refractivity contribution in [2.24, 2.45) is 0 Å². The number of halogens is 1. The van der Waals surface area contributed by atoms with Gasteiger partial charge >= 0.3 is 0 Å². The van der Waals surface area contributed by atoms with Gasteiger partial charge in [0.05, 0.1) is 12.6 Å². The van der Waals surface area contributed by atoms with E-state index in [-0.39, 0.29) is 0 Å². The summed E-state index contributed by atoms with van der Waals surface area (Å²) in [6, 6.07) is 8.40. The van der Waals surface area contributed by atoms with E-state index in [1.807, 2.05) is 12.1 Å². The van der Waals surface area contributed by atoms with Crippen LogP contribution < -0.4 is 10.2 Å². The molecule has 1 aromatic carbocycles. The Hall–Kier alpha value is -0.770. The van der Waals surface area contributed by atoms with Crippen molar-refractivity contribution < 1.29 is 4.74 Å². The fourth-order valence-corrected chi connectivity index (χ4v) is 2.20. The predicted octanol–water partition coefficient (Wildman–Crippen LogP) is 1.76. The Bertz CT molecular complexity index is 326. The first-order chi connectivity index (χ1) is 7.81. The molecule has 1 atom stereocenters. The molecule has 0 aliphatic carbocycles. The summed E-state index contributed by atoms with van der Waals surface area (Å²) >= 11 is 5.89. The molecule has 0 saturated carbocycles. The Kier molecular flexibility index (Phi) is 4.04. The average molecular weight is 241 g/mol. The largest absolute Gasteiger partial charge is 0.383 e. The fourth-order valence-electron chi connectivity index (χ4n) is 2.07. The SMILES string of the molecule is COCC1CNCCN1c1ccc(Cl)cc1. The van der Waals surface area contributed by atoms with Crippen LogP contribution in [0.1, 0.15) is 0 Å². The average Bonchev–Trinajstić information content (AvgIpc) is 2.32. The molecule has 1 heterocycles. The van der Waals surface area contributed by atoms with E-state index in [2.05, 4.69) is 22.3 Å². The Morgan fingerprint density at radius 2 is 2.19 bits per heavy atom. The van der Waals surface area contributed by atoms with Gasteiger partial charge in [0.25, 0.3) is 0 Å². The summed E-state index contributed by atoms with van der Waals surface area (Å²) in [5.74, 6) is 0. The third kappa shape index (κ3) is 2.67. The smallest absolute Gasteiger partial charge is 0.0678 e. The Morgan fingerprint density at radius 1 is 1.44 bits per heavy atom. The standard InChI is InChI=1S/C12H17ClN2O/c1-16-9-12-8-14-6-7-15(12)11-4-2-10(13)3-5-11/h2-5,12,14H,6-9H2,1H3. The van der Waals surface area contributed by atoms with E-state index in [0.29, 0.717) is 6.04 Å². The number of piperazine rings is 1. The van der Waals surface area contributed by atoms with Crippen LogP contribution in [0.5, 0.6) is 0 Å². The third-order valence-electron chi connectivity index (χ3n) is 2.87. The lowest BCUT2D eigenvalue weighted by Crippen LogP contribution is -2.53. The monoisotopic (exact) mass is 240 g/mol. The van der Waals surface area contributed by atoms with Crippen LogP contribution in [0.3, 0.4) is 0 Å². The summed E-state index contributed by atoms with van der Waals surface area (Å²) in [5, 5.41) is 4.16. The molecule has 0 aromatic heterocycles. The molecule has 1 saturated heterocycles. The van der Waals surface area contributed by atoms with Gasteiger partial charge in [-0.2, -0.15) is 0 Å². The maximum absolute atomic E-state index is 5.89. The zero-order chi connectivity index (χ0) is 11.4. The maximum atomic E-state index is 5.89. The van der Waals surface area contributed by atoms with Crippen LogP contribution in [0.4, 0.5) is 5.69 Å². The first-order valence-corrected chi connectivity index (χ1v) is 5.91. The van der Waals surface area contributed by atoms with Crippen molar-refractivity contribution in [3.05, 3.63) is 29.3 Å². The predicted molar refractivity (Wildman–Crippen MR) is 67.3 cm³/mol. The number of nitrogens with one attached hydrogen (secondary N) is 1. The molecule has 0 spiro atoms. The van der Waals surface area contributed by atoms with E-state index in [9.17, 15) is 0 Å². The molecule has 0 bridgehead atoms. The molecule has 16 heavy (non-hydrogen) atoms. The molecule has 1 aromatic rings. The van der Waals surface area contributed by atoms with Gasteiger partial charge in [0, 0.05) is 37.5 Å². The van der Waals surface area contributed by atoms with Crippen molar-refractivity contribution in [2.75, 3.05) is 38.3 Å². The summed E-state index contributed by atoms with van der Waals surface area (Å²) in [6.45, 7) is 3.74. The molecule has 1 aliphatic heterocycles. The summed E-state index contributed by atoms with van der Waals surface area (Å²) in [6.07, 6.45) is 0. The van der Waals surface area contributed by atoms with Crippen LogP contribution in [-0.2, 0) is 4.74 Å². The molecule has 1 fully saturated rings. The van der Waals surface area contributed by atoms with Crippen molar-refractivity contribution in [2.45, 2.75) is 6.04 Å². The van der Waals surface area contributed by atoms with Gasteiger partial charge in [-0.3, -0.25) is 0 Å². The number of methoxy groups -OCH3 is 1. The van der Waals surface area contributed by atoms with Crippen LogP contribution in [-0.4, -0.2) is 39.4 Å². The Labute approximate surface area is 101 Å². The highest BCUT2D eigenvalue weighted by Gasteiger charge is 2.21.